The number of likely N-dealkylation sites (tertiary alicyclic amines) is 1. The third-order valence-corrected chi connectivity index (χ3v) is 6.60. The van der Waals surface area contributed by atoms with Gasteiger partial charge >= 0.3 is 0 Å². The number of carbonyl (C=O) groups is 1. The van der Waals surface area contributed by atoms with Gasteiger partial charge in [0.05, 0.1) is 5.69 Å². The lowest BCUT2D eigenvalue weighted by atomic mass is 9.92. The topological polar surface area (TPSA) is 49.6 Å². The van der Waals surface area contributed by atoms with Crippen molar-refractivity contribution in [1.29, 1.82) is 0 Å². The molecule has 2 aromatic rings. The molecule has 1 aliphatic carbocycles. The van der Waals surface area contributed by atoms with E-state index in [9.17, 15) is 4.79 Å². The summed E-state index contributed by atoms with van der Waals surface area (Å²) in [5, 5.41) is 4.24. The number of hydrogen-bond acceptors (Lipinski definition) is 4. The first-order chi connectivity index (χ1) is 13.7. The van der Waals surface area contributed by atoms with Crippen LogP contribution in [0.15, 0.2) is 34.9 Å². The number of benzene rings is 1. The molecule has 2 aliphatic heterocycles. The van der Waals surface area contributed by atoms with Gasteiger partial charge in [-0.3, -0.25) is 9.69 Å². The monoisotopic (exact) mass is 379 g/mol. The van der Waals surface area contributed by atoms with Gasteiger partial charge in [0.2, 0.25) is 5.91 Å². The van der Waals surface area contributed by atoms with Crippen LogP contribution in [0.1, 0.15) is 60.6 Å². The van der Waals surface area contributed by atoms with Crippen molar-refractivity contribution >= 4 is 5.91 Å². The zero-order valence-corrected chi connectivity index (χ0v) is 16.5. The van der Waals surface area contributed by atoms with Crippen molar-refractivity contribution in [3.05, 3.63) is 52.9 Å². The molecule has 0 N–H and O–H groups in total. The smallest absolute Gasteiger partial charge is 0.223 e. The molecule has 148 valence electrons. The summed E-state index contributed by atoms with van der Waals surface area (Å²) in [5.74, 6) is 2.54. The van der Waals surface area contributed by atoms with Gasteiger partial charge in [0, 0.05) is 38.0 Å². The average molecular weight is 380 g/mol. The Morgan fingerprint density at radius 2 is 1.86 bits per heavy atom. The lowest BCUT2D eigenvalue weighted by molar-refractivity contribution is -0.133. The van der Waals surface area contributed by atoms with E-state index in [1.165, 1.54) is 24.0 Å². The molecule has 1 aromatic carbocycles. The average Bonchev–Trinajstić information content (AvgIpc) is 3.48. The molecular weight excluding hydrogens is 350 g/mol. The molecule has 3 heterocycles. The maximum atomic E-state index is 12.8. The normalized spacial score (nSPS) is 20.9. The van der Waals surface area contributed by atoms with Crippen molar-refractivity contribution in [2.75, 3.05) is 19.6 Å². The molecule has 0 bridgehead atoms. The second kappa shape index (κ2) is 7.70. The van der Waals surface area contributed by atoms with Gasteiger partial charge in [0.1, 0.15) is 5.76 Å². The molecule has 1 amide bonds. The Hall–Kier alpha value is -2.14. The molecule has 0 unspecified atom stereocenters. The van der Waals surface area contributed by atoms with E-state index in [1.807, 2.05) is 0 Å². The van der Waals surface area contributed by atoms with Crippen LogP contribution in [0.5, 0.6) is 0 Å². The zero-order valence-electron chi connectivity index (χ0n) is 16.5. The number of fused-ring (bicyclic) bond motifs is 1. The third kappa shape index (κ3) is 4.00. The standard InChI is InChI=1S/C23H29N3O2/c27-23(26-12-9-18-3-1-2-4-20(18)15-26)13-17-7-10-25(11-8-17)16-21-14-22(28-24-21)19-5-6-19/h1-4,14,17,19H,5-13,15-16H2. The van der Waals surface area contributed by atoms with Gasteiger partial charge in [0.15, 0.2) is 0 Å². The number of nitrogens with zero attached hydrogens (tertiary/aromatic N) is 3. The predicted molar refractivity (Wildman–Crippen MR) is 107 cm³/mol. The fraction of sp³-hybridized carbons (Fsp3) is 0.565. The van der Waals surface area contributed by atoms with Crippen LogP contribution in [-0.4, -0.2) is 40.5 Å². The molecule has 2 fully saturated rings. The largest absolute Gasteiger partial charge is 0.361 e. The Bertz CT molecular complexity index is 834. The van der Waals surface area contributed by atoms with E-state index in [4.69, 9.17) is 4.52 Å². The molecule has 28 heavy (non-hydrogen) atoms. The number of amides is 1. The van der Waals surface area contributed by atoms with Crippen LogP contribution in [-0.2, 0) is 24.3 Å². The van der Waals surface area contributed by atoms with E-state index in [0.29, 0.717) is 24.2 Å². The fourth-order valence-electron chi connectivity index (χ4n) is 4.63. The third-order valence-electron chi connectivity index (χ3n) is 6.60. The molecule has 1 saturated heterocycles. The van der Waals surface area contributed by atoms with Crippen LogP contribution in [0, 0.1) is 5.92 Å². The van der Waals surface area contributed by atoms with Gasteiger partial charge in [-0.05, 0) is 62.2 Å². The van der Waals surface area contributed by atoms with Crippen LogP contribution in [0.2, 0.25) is 0 Å². The summed E-state index contributed by atoms with van der Waals surface area (Å²) in [7, 11) is 0. The first kappa shape index (κ1) is 17.9. The number of piperidine rings is 1. The van der Waals surface area contributed by atoms with E-state index in [1.54, 1.807) is 0 Å². The summed E-state index contributed by atoms with van der Waals surface area (Å²) in [5.41, 5.74) is 3.77. The van der Waals surface area contributed by atoms with Crippen LogP contribution >= 0.6 is 0 Å². The van der Waals surface area contributed by atoms with Gasteiger partial charge in [-0.1, -0.05) is 29.4 Å². The van der Waals surface area contributed by atoms with E-state index in [0.717, 1.165) is 63.4 Å². The first-order valence-electron chi connectivity index (χ1n) is 10.8. The van der Waals surface area contributed by atoms with Crippen LogP contribution < -0.4 is 0 Å². The van der Waals surface area contributed by atoms with Crippen LogP contribution in [0.3, 0.4) is 0 Å². The van der Waals surface area contributed by atoms with Crippen molar-refractivity contribution in [2.24, 2.45) is 5.92 Å². The molecule has 5 heteroatoms. The molecule has 3 aliphatic rings. The number of rotatable bonds is 5. The second-order valence-corrected chi connectivity index (χ2v) is 8.75. The summed E-state index contributed by atoms with van der Waals surface area (Å²) in [4.78, 5) is 17.3. The highest BCUT2D eigenvalue weighted by molar-refractivity contribution is 5.76. The molecule has 5 nitrogen and oxygen atoms in total. The first-order valence-corrected chi connectivity index (χ1v) is 10.8. The zero-order chi connectivity index (χ0) is 18.9. The lowest BCUT2D eigenvalue weighted by Crippen LogP contribution is -2.39. The van der Waals surface area contributed by atoms with Gasteiger partial charge in [-0.2, -0.15) is 0 Å². The lowest BCUT2D eigenvalue weighted by Gasteiger charge is -2.33. The molecule has 1 saturated carbocycles. The Kier molecular flexibility index (Phi) is 4.93. The Labute approximate surface area is 166 Å². The van der Waals surface area contributed by atoms with Gasteiger partial charge in [0.25, 0.3) is 0 Å². The molecule has 0 radical (unpaired) electrons. The Morgan fingerprint density at radius 3 is 2.64 bits per heavy atom. The van der Waals surface area contributed by atoms with E-state index >= 15 is 0 Å². The summed E-state index contributed by atoms with van der Waals surface area (Å²) in [6, 6.07) is 10.7. The van der Waals surface area contributed by atoms with Gasteiger partial charge < -0.3 is 9.42 Å². The van der Waals surface area contributed by atoms with Gasteiger partial charge in [-0.15, -0.1) is 0 Å². The molecule has 1 aromatic heterocycles. The number of hydrogen-bond donors (Lipinski definition) is 0. The summed E-state index contributed by atoms with van der Waals surface area (Å²) in [6.45, 7) is 4.62. The van der Waals surface area contributed by atoms with Crippen molar-refractivity contribution in [3.63, 3.8) is 0 Å². The fourth-order valence-corrected chi connectivity index (χ4v) is 4.63. The number of carbonyl (C=O) groups excluding carboxylic acids is 1. The minimum absolute atomic E-state index is 0.332. The molecular formula is C23H29N3O2. The highest BCUT2D eigenvalue weighted by Gasteiger charge is 2.29. The predicted octanol–water partition coefficient (Wildman–Crippen LogP) is 3.74. The minimum Gasteiger partial charge on any atom is -0.361 e. The van der Waals surface area contributed by atoms with Crippen LogP contribution in [0.4, 0.5) is 0 Å². The summed E-state index contributed by atoms with van der Waals surface area (Å²) < 4.78 is 5.47. The van der Waals surface area contributed by atoms with E-state index < -0.39 is 0 Å². The summed E-state index contributed by atoms with van der Waals surface area (Å²) >= 11 is 0. The van der Waals surface area contributed by atoms with Crippen molar-refractivity contribution < 1.29 is 9.32 Å². The highest BCUT2D eigenvalue weighted by Crippen LogP contribution is 2.40. The molecule has 5 rings (SSSR count). The Balaban J connectivity index is 1.09. The van der Waals surface area contributed by atoms with Crippen LogP contribution in [0.25, 0.3) is 0 Å². The molecule has 0 atom stereocenters. The quantitative estimate of drug-likeness (QED) is 0.794. The van der Waals surface area contributed by atoms with Gasteiger partial charge in [-0.25, -0.2) is 0 Å². The summed E-state index contributed by atoms with van der Waals surface area (Å²) in [6.07, 6.45) is 6.38. The Morgan fingerprint density at radius 1 is 1.07 bits per heavy atom. The second-order valence-electron chi connectivity index (χ2n) is 8.75. The van der Waals surface area contributed by atoms with E-state index in [2.05, 4.69) is 45.3 Å². The molecule has 0 spiro atoms. The van der Waals surface area contributed by atoms with Crippen molar-refractivity contribution in [1.82, 2.24) is 15.0 Å². The maximum Gasteiger partial charge on any atom is 0.223 e. The SMILES string of the molecule is O=C(CC1CCN(Cc2cc(C3CC3)on2)CC1)N1CCc2ccccc2C1. The van der Waals surface area contributed by atoms with E-state index in [-0.39, 0.29) is 0 Å². The minimum atomic E-state index is 0.332. The van der Waals surface area contributed by atoms with Crippen molar-refractivity contribution in [3.8, 4) is 0 Å². The number of aromatic nitrogens is 1. The maximum absolute atomic E-state index is 12.8. The highest BCUT2D eigenvalue weighted by atomic mass is 16.5. The van der Waals surface area contributed by atoms with Crippen molar-refractivity contribution in [2.45, 2.75) is 57.5 Å².